The number of hydrogen-bond acceptors (Lipinski definition) is 4. The lowest BCUT2D eigenvalue weighted by atomic mass is 10.1. The van der Waals surface area contributed by atoms with Crippen LogP contribution in [0.4, 0.5) is 0 Å². The molecule has 0 spiro atoms. The van der Waals surface area contributed by atoms with Gasteiger partial charge in [0.25, 0.3) is 0 Å². The summed E-state index contributed by atoms with van der Waals surface area (Å²) in [7, 11) is 3.48. The molecule has 24 heavy (non-hydrogen) atoms. The minimum atomic E-state index is 0.845. The van der Waals surface area contributed by atoms with Crippen LogP contribution in [0, 0.1) is 6.92 Å². The quantitative estimate of drug-likeness (QED) is 0.438. The number of hydrogen-bond donors (Lipinski definition) is 2. The van der Waals surface area contributed by atoms with Crippen LogP contribution < -0.4 is 15.4 Å². The second-order valence-electron chi connectivity index (χ2n) is 5.51. The van der Waals surface area contributed by atoms with Crippen LogP contribution in [0.3, 0.4) is 0 Å². The zero-order valence-corrected chi connectivity index (χ0v) is 15.4. The summed E-state index contributed by atoms with van der Waals surface area (Å²) in [6.07, 6.45) is 3.00. The summed E-state index contributed by atoms with van der Waals surface area (Å²) in [5.74, 6) is 1.73. The average Bonchev–Trinajstić information content (AvgIpc) is 3.03. The standard InChI is InChI=1S/C18H26N4OS/c1-14-13-24-17(22-14)5-4-11-20-18(19-2)21-12-10-15-6-8-16(23-3)9-7-15/h6-9,13H,4-5,10-12H2,1-3H3,(H2,19,20,21). The first-order valence-electron chi connectivity index (χ1n) is 8.19. The van der Waals surface area contributed by atoms with E-state index in [-0.39, 0.29) is 0 Å². The highest BCUT2D eigenvalue weighted by Gasteiger charge is 2.01. The maximum absolute atomic E-state index is 5.17. The minimum Gasteiger partial charge on any atom is -0.497 e. The van der Waals surface area contributed by atoms with Crippen LogP contribution in [-0.2, 0) is 12.8 Å². The van der Waals surface area contributed by atoms with Crippen LogP contribution in [0.15, 0.2) is 34.6 Å². The van der Waals surface area contributed by atoms with Gasteiger partial charge in [0.15, 0.2) is 5.96 Å². The number of aliphatic imine (C=N–C) groups is 1. The fourth-order valence-corrected chi connectivity index (χ4v) is 3.12. The second kappa shape index (κ2) is 9.93. The molecule has 1 aromatic carbocycles. The highest BCUT2D eigenvalue weighted by atomic mass is 32.1. The van der Waals surface area contributed by atoms with Crippen molar-refractivity contribution in [1.82, 2.24) is 15.6 Å². The third-order valence-corrected chi connectivity index (χ3v) is 4.64. The number of nitrogens with one attached hydrogen (secondary N) is 2. The van der Waals surface area contributed by atoms with E-state index in [9.17, 15) is 0 Å². The lowest BCUT2D eigenvalue weighted by Gasteiger charge is -2.11. The van der Waals surface area contributed by atoms with Crippen molar-refractivity contribution < 1.29 is 4.74 Å². The normalized spacial score (nSPS) is 11.4. The van der Waals surface area contributed by atoms with Gasteiger partial charge in [0.2, 0.25) is 0 Å². The molecule has 2 rings (SSSR count). The van der Waals surface area contributed by atoms with Gasteiger partial charge in [0.1, 0.15) is 5.75 Å². The van der Waals surface area contributed by atoms with Gasteiger partial charge in [-0.15, -0.1) is 11.3 Å². The Morgan fingerprint density at radius 2 is 1.92 bits per heavy atom. The van der Waals surface area contributed by atoms with Gasteiger partial charge in [-0.2, -0.15) is 0 Å². The topological polar surface area (TPSA) is 58.5 Å². The number of rotatable bonds is 8. The molecule has 130 valence electrons. The summed E-state index contributed by atoms with van der Waals surface area (Å²) >= 11 is 1.73. The second-order valence-corrected chi connectivity index (χ2v) is 6.45. The van der Waals surface area contributed by atoms with Gasteiger partial charge in [-0.05, 0) is 37.5 Å². The number of thiazole rings is 1. The number of ether oxygens (including phenoxy) is 1. The van der Waals surface area contributed by atoms with Crippen molar-refractivity contribution in [2.45, 2.75) is 26.2 Å². The maximum atomic E-state index is 5.17. The highest BCUT2D eigenvalue weighted by Crippen LogP contribution is 2.11. The Labute approximate surface area is 148 Å². The third kappa shape index (κ3) is 6.20. The van der Waals surface area contributed by atoms with Crippen molar-refractivity contribution in [2.24, 2.45) is 4.99 Å². The molecule has 5 nitrogen and oxygen atoms in total. The van der Waals surface area contributed by atoms with E-state index in [1.54, 1.807) is 25.5 Å². The van der Waals surface area contributed by atoms with E-state index in [2.05, 4.69) is 38.1 Å². The third-order valence-electron chi connectivity index (χ3n) is 3.62. The molecule has 1 aromatic heterocycles. The minimum absolute atomic E-state index is 0.845. The Balaban J connectivity index is 1.62. The van der Waals surface area contributed by atoms with Crippen molar-refractivity contribution in [3.63, 3.8) is 0 Å². The van der Waals surface area contributed by atoms with Crippen LogP contribution in [0.5, 0.6) is 5.75 Å². The predicted molar refractivity (Wildman–Crippen MR) is 101 cm³/mol. The predicted octanol–water partition coefficient (Wildman–Crippen LogP) is 2.80. The van der Waals surface area contributed by atoms with E-state index in [0.29, 0.717) is 0 Å². The summed E-state index contributed by atoms with van der Waals surface area (Å²) in [6, 6.07) is 8.16. The van der Waals surface area contributed by atoms with Gasteiger partial charge in [-0.25, -0.2) is 4.98 Å². The summed E-state index contributed by atoms with van der Waals surface area (Å²) in [4.78, 5) is 8.74. The van der Waals surface area contributed by atoms with E-state index in [1.165, 1.54) is 10.6 Å². The molecule has 0 aliphatic carbocycles. The molecule has 0 amide bonds. The van der Waals surface area contributed by atoms with Gasteiger partial charge < -0.3 is 15.4 Å². The molecule has 0 fully saturated rings. The Kier molecular flexibility index (Phi) is 7.55. The SMILES string of the molecule is CN=C(NCCCc1nc(C)cs1)NCCc1ccc(OC)cc1. The molecule has 0 saturated heterocycles. The number of benzene rings is 1. The number of aryl methyl sites for hydroxylation is 2. The van der Waals surface area contributed by atoms with Crippen LogP contribution in [0.2, 0.25) is 0 Å². The van der Waals surface area contributed by atoms with E-state index in [1.807, 2.05) is 19.1 Å². The molecule has 0 aliphatic rings. The van der Waals surface area contributed by atoms with Crippen molar-refractivity contribution in [2.75, 3.05) is 27.2 Å². The lowest BCUT2D eigenvalue weighted by Crippen LogP contribution is -2.38. The van der Waals surface area contributed by atoms with Crippen molar-refractivity contribution in [3.8, 4) is 5.75 Å². The number of nitrogens with zero attached hydrogens (tertiary/aromatic N) is 2. The summed E-state index contributed by atoms with van der Waals surface area (Å²) < 4.78 is 5.17. The summed E-state index contributed by atoms with van der Waals surface area (Å²) in [5, 5.41) is 10.00. The first-order valence-corrected chi connectivity index (χ1v) is 9.07. The zero-order chi connectivity index (χ0) is 17.2. The van der Waals surface area contributed by atoms with Crippen molar-refractivity contribution in [3.05, 3.63) is 45.9 Å². The van der Waals surface area contributed by atoms with Crippen LogP contribution >= 0.6 is 11.3 Å². The molecule has 1 heterocycles. The fourth-order valence-electron chi connectivity index (χ4n) is 2.30. The van der Waals surface area contributed by atoms with Gasteiger partial charge in [0, 0.05) is 37.6 Å². The number of guanidine groups is 1. The molecule has 0 saturated carbocycles. The molecular formula is C18H26N4OS. The summed E-state index contributed by atoms with van der Waals surface area (Å²) in [6.45, 7) is 3.77. The maximum Gasteiger partial charge on any atom is 0.190 e. The summed E-state index contributed by atoms with van der Waals surface area (Å²) in [5.41, 5.74) is 2.39. The van der Waals surface area contributed by atoms with Crippen molar-refractivity contribution >= 4 is 17.3 Å². The largest absolute Gasteiger partial charge is 0.497 e. The first-order chi connectivity index (χ1) is 11.7. The fraction of sp³-hybridized carbons (Fsp3) is 0.444. The van der Waals surface area contributed by atoms with E-state index in [0.717, 1.165) is 49.8 Å². The van der Waals surface area contributed by atoms with Gasteiger partial charge in [-0.3, -0.25) is 4.99 Å². The average molecular weight is 347 g/mol. The smallest absolute Gasteiger partial charge is 0.190 e. The van der Waals surface area contributed by atoms with E-state index < -0.39 is 0 Å². The molecule has 0 bridgehead atoms. The zero-order valence-electron chi connectivity index (χ0n) is 14.6. The molecular weight excluding hydrogens is 320 g/mol. The molecule has 0 unspecified atom stereocenters. The molecule has 2 N–H and O–H groups in total. The Bertz CT molecular complexity index is 637. The highest BCUT2D eigenvalue weighted by molar-refractivity contribution is 7.09. The number of aromatic nitrogens is 1. The number of methoxy groups -OCH3 is 1. The monoisotopic (exact) mass is 346 g/mol. The van der Waals surface area contributed by atoms with Crippen LogP contribution in [0.25, 0.3) is 0 Å². The molecule has 6 heteroatoms. The van der Waals surface area contributed by atoms with Gasteiger partial charge in [-0.1, -0.05) is 12.1 Å². The van der Waals surface area contributed by atoms with E-state index >= 15 is 0 Å². The molecule has 0 radical (unpaired) electrons. The van der Waals surface area contributed by atoms with Gasteiger partial charge in [0.05, 0.1) is 12.1 Å². The Morgan fingerprint density at radius 3 is 2.54 bits per heavy atom. The van der Waals surface area contributed by atoms with Crippen molar-refractivity contribution in [1.29, 1.82) is 0 Å². The van der Waals surface area contributed by atoms with Gasteiger partial charge >= 0.3 is 0 Å². The molecule has 0 atom stereocenters. The molecule has 0 aliphatic heterocycles. The Morgan fingerprint density at radius 1 is 1.17 bits per heavy atom. The lowest BCUT2D eigenvalue weighted by molar-refractivity contribution is 0.414. The van der Waals surface area contributed by atoms with E-state index in [4.69, 9.17) is 4.74 Å². The Hall–Kier alpha value is -2.08. The first kappa shape index (κ1) is 18.3. The molecule has 2 aromatic rings. The van der Waals surface area contributed by atoms with Crippen LogP contribution in [0.1, 0.15) is 22.7 Å². The van der Waals surface area contributed by atoms with Crippen LogP contribution in [-0.4, -0.2) is 38.2 Å².